The van der Waals surface area contributed by atoms with E-state index in [1.807, 2.05) is 13.0 Å². The van der Waals surface area contributed by atoms with Crippen LogP contribution in [0, 0.1) is 11.8 Å². The van der Waals surface area contributed by atoms with E-state index in [4.69, 9.17) is 10.2 Å². The number of hydrogen-bond acceptors (Lipinski definition) is 4. The molecule has 0 aromatic carbocycles. The third-order valence-corrected chi connectivity index (χ3v) is 2.91. The van der Waals surface area contributed by atoms with Crippen molar-refractivity contribution >= 4 is 5.91 Å². The quantitative estimate of drug-likeness (QED) is 0.866. The molecule has 0 fully saturated rings. The second kappa shape index (κ2) is 7.27. The molecule has 2 rings (SSSR count). The number of furan rings is 1. The maximum atomic E-state index is 12.4. The van der Waals surface area contributed by atoms with Gasteiger partial charge in [0.1, 0.15) is 11.5 Å². The van der Waals surface area contributed by atoms with Crippen molar-refractivity contribution in [2.24, 2.45) is 5.73 Å². The van der Waals surface area contributed by atoms with Gasteiger partial charge in [0.05, 0.1) is 19.4 Å². The van der Waals surface area contributed by atoms with Crippen LogP contribution in [0.1, 0.15) is 28.7 Å². The smallest absolute Gasteiger partial charge is 0.272 e. The van der Waals surface area contributed by atoms with Crippen LogP contribution in [-0.2, 0) is 6.54 Å². The largest absolute Gasteiger partial charge is 0.467 e. The van der Waals surface area contributed by atoms with Gasteiger partial charge in [-0.1, -0.05) is 11.8 Å². The van der Waals surface area contributed by atoms with E-state index < -0.39 is 0 Å². The Morgan fingerprint density at radius 2 is 2.29 bits per heavy atom. The molecule has 0 spiro atoms. The standard InChI is InChI=1S/C16H17N3O2/c1-2-19(12-14-6-4-10-21-14)16(20)15-8-7-13(11-18-15)5-3-9-17/h4,6-8,10-11H,2,9,12,17H2,1H3. The van der Waals surface area contributed by atoms with E-state index in [-0.39, 0.29) is 5.91 Å². The first-order valence-electron chi connectivity index (χ1n) is 6.71. The number of nitrogens with two attached hydrogens (primary N) is 1. The first kappa shape index (κ1) is 14.8. The molecule has 0 saturated heterocycles. The third kappa shape index (κ3) is 3.94. The Kier molecular flexibility index (Phi) is 5.13. The fourth-order valence-electron chi connectivity index (χ4n) is 1.83. The van der Waals surface area contributed by atoms with E-state index in [1.165, 1.54) is 0 Å². The number of rotatable bonds is 4. The lowest BCUT2D eigenvalue weighted by Gasteiger charge is -2.19. The van der Waals surface area contributed by atoms with Crippen molar-refractivity contribution in [1.82, 2.24) is 9.88 Å². The molecule has 5 heteroatoms. The molecule has 0 radical (unpaired) electrons. The van der Waals surface area contributed by atoms with Gasteiger partial charge >= 0.3 is 0 Å². The fraction of sp³-hybridized carbons (Fsp3) is 0.250. The zero-order valence-electron chi connectivity index (χ0n) is 11.9. The molecule has 0 aliphatic carbocycles. The minimum atomic E-state index is -0.132. The molecule has 2 N–H and O–H groups in total. The molecule has 0 bridgehead atoms. The van der Waals surface area contributed by atoms with Gasteiger partial charge in [-0.2, -0.15) is 0 Å². The Labute approximate surface area is 123 Å². The topological polar surface area (TPSA) is 72.4 Å². The predicted molar refractivity (Wildman–Crippen MR) is 79.3 cm³/mol. The number of nitrogens with zero attached hydrogens (tertiary/aromatic N) is 2. The first-order valence-corrected chi connectivity index (χ1v) is 6.71. The van der Waals surface area contributed by atoms with Gasteiger partial charge in [0.2, 0.25) is 0 Å². The molecule has 0 aliphatic heterocycles. The van der Waals surface area contributed by atoms with Crippen LogP contribution in [0.3, 0.4) is 0 Å². The third-order valence-electron chi connectivity index (χ3n) is 2.91. The summed E-state index contributed by atoms with van der Waals surface area (Å²) in [5.74, 6) is 6.23. The molecule has 0 aliphatic rings. The van der Waals surface area contributed by atoms with Gasteiger partial charge in [0, 0.05) is 18.3 Å². The predicted octanol–water partition coefficient (Wildman–Crippen LogP) is 1.65. The monoisotopic (exact) mass is 283 g/mol. The maximum absolute atomic E-state index is 12.4. The molecule has 0 atom stereocenters. The first-order chi connectivity index (χ1) is 10.2. The number of hydrogen-bond donors (Lipinski definition) is 1. The van der Waals surface area contributed by atoms with Crippen LogP contribution in [0.5, 0.6) is 0 Å². The van der Waals surface area contributed by atoms with Crippen molar-refractivity contribution in [3.05, 3.63) is 53.7 Å². The van der Waals surface area contributed by atoms with Crippen LogP contribution in [0.2, 0.25) is 0 Å². The van der Waals surface area contributed by atoms with Crippen LogP contribution < -0.4 is 5.73 Å². The fourth-order valence-corrected chi connectivity index (χ4v) is 1.83. The SMILES string of the molecule is CCN(Cc1ccco1)C(=O)c1ccc(C#CCN)cn1. The Morgan fingerprint density at radius 3 is 2.86 bits per heavy atom. The van der Waals surface area contributed by atoms with Crippen molar-refractivity contribution in [3.8, 4) is 11.8 Å². The highest BCUT2D eigenvalue weighted by Gasteiger charge is 2.16. The molecule has 2 aromatic rings. The van der Waals surface area contributed by atoms with Crippen LogP contribution in [0.4, 0.5) is 0 Å². The normalized spacial score (nSPS) is 9.81. The summed E-state index contributed by atoms with van der Waals surface area (Å²) in [6, 6.07) is 7.09. The molecule has 0 saturated carbocycles. The van der Waals surface area contributed by atoms with Gasteiger partial charge in [-0.25, -0.2) is 4.98 Å². The molecular weight excluding hydrogens is 266 g/mol. The molecule has 0 unspecified atom stereocenters. The van der Waals surface area contributed by atoms with E-state index in [2.05, 4.69) is 16.8 Å². The van der Waals surface area contributed by atoms with Crippen molar-refractivity contribution in [2.45, 2.75) is 13.5 Å². The van der Waals surface area contributed by atoms with Crippen molar-refractivity contribution in [2.75, 3.05) is 13.1 Å². The summed E-state index contributed by atoms with van der Waals surface area (Å²) >= 11 is 0. The number of carbonyl (C=O) groups excluding carboxylic acids is 1. The molecule has 5 nitrogen and oxygen atoms in total. The Bertz CT molecular complexity index is 636. The van der Waals surface area contributed by atoms with Gasteiger partial charge in [-0.05, 0) is 31.2 Å². The van der Waals surface area contributed by atoms with E-state index in [9.17, 15) is 4.79 Å². The average Bonchev–Trinajstić information content (AvgIpc) is 3.03. The molecule has 21 heavy (non-hydrogen) atoms. The van der Waals surface area contributed by atoms with Crippen molar-refractivity contribution < 1.29 is 9.21 Å². The van der Waals surface area contributed by atoms with E-state index in [0.717, 1.165) is 11.3 Å². The highest BCUT2D eigenvalue weighted by molar-refractivity contribution is 5.92. The minimum Gasteiger partial charge on any atom is -0.467 e. The summed E-state index contributed by atoms with van der Waals surface area (Å²) < 4.78 is 5.27. The minimum absolute atomic E-state index is 0.132. The molecular formula is C16H17N3O2. The van der Waals surface area contributed by atoms with Crippen molar-refractivity contribution in [1.29, 1.82) is 0 Å². The van der Waals surface area contributed by atoms with E-state index in [0.29, 0.717) is 25.3 Å². The Hall–Kier alpha value is -2.58. The second-order valence-corrected chi connectivity index (χ2v) is 4.34. The zero-order chi connectivity index (χ0) is 15.1. The van der Waals surface area contributed by atoms with Crippen LogP contribution in [-0.4, -0.2) is 28.9 Å². The van der Waals surface area contributed by atoms with E-state index >= 15 is 0 Å². The van der Waals surface area contributed by atoms with Gasteiger partial charge in [0.25, 0.3) is 5.91 Å². The Morgan fingerprint density at radius 1 is 1.43 bits per heavy atom. The van der Waals surface area contributed by atoms with Crippen LogP contribution in [0.15, 0.2) is 41.1 Å². The summed E-state index contributed by atoms with van der Waals surface area (Å²) in [5.41, 5.74) is 6.45. The molecule has 108 valence electrons. The average molecular weight is 283 g/mol. The molecule has 2 aromatic heterocycles. The molecule has 2 heterocycles. The lowest BCUT2D eigenvalue weighted by molar-refractivity contribution is 0.0735. The lowest BCUT2D eigenvalue weighted by atomic mass is 10.2. The highest BCUT2D eigenvalue weighted by Crippen LogP contribution is 2.09. The zero-order valence-corrected chi connectivity index (χ0v) is 11.9. The maximum Gasteiger partial charge on any atom is 0.272 e. The van der Waals surface area contributed by atoms with Gasteiger partial charge in [0.15, 0.2) is 0 Å². The van der Waals surface area contributed by atoms with Crippen LogP contribution in [0.25, 0.3) is 0 Å². The summed E-state index contributed by atoms with van der Waals surface area (Å²) in [6.07, 6.45) is 3.17. The van der Waals surface area contributed by atoms with Crippen molar-refractivity contribution in [3.63, 3.8) is 0 Å². The van der Waals surface area contributed by atoms with Crippen LogP contribution >= 0.6 is 0 Å². The van der Waals surface area contributed by atoms with Gasteiger partial charge < -0.3 is 15.1 Å². The summed E-state index contributed by atoms with van der Waals surface area (Å²) in [6.45, 7) is 3.23. The highest BCUT2D eigenvalue weighted by atomic mass is 16.3. The second-order valence-electron chi connectivity index (χ2n) is 4.34. The summed E-state index contributed by atoms with van der Waals surface area (Å²) in [5, 5.41) is 0. The number of carbonyl (C=O) groups is 1. The summed E-state index contributed by atoms with van der Waals surface area (Å²) in [4.78, 5) is 18.2. The number of amides is 1. The summed E-state index contributed by atoms with van der Waals surface area (Å²) in [7, 11) is 0. The number of pyridine rings is 1. The van der Waals surface area contributed by atoms with Gasteiger partial charge in [-0.3, -0.25) is 4.79 Å². The Balaban J connectivity index is 2.10. The lowest BCUT2D eigenvalue weighted by Crippen LogP contribution is -2.30. The number of aromatic nitrogens is 1. The van der Waals surface area contributed by atoms with Gasteiger partial charge in [-0.15, -0.1) is 0 Å². The molecule has 1 amide bonds. The van der Waals surface area contributed by atoms with E-state index in [1.54, 1.807) is 35.6 Å².